The first-order valence-corrected chi connectivity index (χ1v) is 7.82. The number of halogens is 1. The van der Waals surface area contributed by atoms with Crippen LogP contribution in [0.5, 0.6) is 0 Å². The van der Waals surface area contributed by atoms with E-state index in [1.807, 2.05) is 0 Å². The number of hydrogen-bond donors (Lipinski definition) is 1. The number of amides is 1. The van der Waals surface area contributed by atoms with Crippen molar-refractivity contribution in [3.8, 4) is 0 Å². The maximum Gasteiger partial charge on any atom is 0.236 e. The van der Waals surface area contributed by atoms with Crippen LogP contribution in [0.1, 0.15) is 44.9 Å². The third-order valence-electron chi connectivity index (χ3n) is 4.57. The fourth-order valence-corrected chi connectivity index (χ4v) is 3.58. The summed E-state index contributed by atoms with van der Waals surface area (Å²) in [4.78, 5) is 14.4. The summed E-state index contributed by atoms with van der Waals surface area (Å²) in [6, 6.07) is 0.525. The molecule has 0 radical (unpaired) electrons. The molecule has 2 aliphatic rings. The first kappa shape index (κ1) is 17.7. The van der Waals surface area contributed by atoms with E-state index in [4.69, 9.17) is 4.74 Å². The summed E-state index contributed by atoms with van der Waals surface area (Å²) in [5.74, 6) is 1.04. The molecule has 2 rings (SSSR count). The summed E-state index contributed by atoms with van der Waals surface area (Å²) in [6.45, 7) is 2.85. The van der Waals surface area contributed by atoms with Crippen LogP contribution in [0.2, 0.25) is 0 Å². The molecule has 118 valence electrons. The molecule has 4 nitrogen and oxygen atoms in total. The Hall–Kier alpha value is -0.320. The van der Waals surface area contributed by atoms with Crippen molar-refractivity contribution in [3.05, 3.63) is 0 Å². The number of nitrogens with zero attached hydrogens (tertiary/aromatic N) is 1. The summed E-state index contributed by atoms with van der Waals surface area (Å²) in [7, 11) is 1.68. The van der Waals surface area contributed by atoms with Gasteiger partial charge in [0, 0.05) is 26.2 Å². The molecule has 1 unspecified atom stereocenters. The molecular weight excluding hydrogens is 276 g/mol. The smallest absolute Gasteiger partial charge is 0.236 e. The Bertz CT molecular complexity index is 283. The van der Waals surface area contributed by atoms with Crippen molar-refractivity contribution < 1.29 is 9.53 Å². The van der Waals surface area contributed by atoms with Crippen molar-refractivity contribution in [3.63, 3.8) is 0 Å². The highest BCUT2D eigenvalue weighted by Crippen LogP contribution is 2.34. The molecule has 0 aromatic rings. The van der Waals surface area contributed by atoms with Crippen molar-refractivity contribution in [1.29, 1.82) is 0 Å². The third kappa shape index (κ3) is 4.90. The van der Waals surface area contributed by atoms with E-state index in [0.29, 0.717) is 19.2 Å². The Morgan fingerprint density at radius 2 is 1.95 bits per heavy atom. The molecule has 0 aromatic heterocycles. The van der Waals surface area contributed by atoms with Crippen LogP contribution in [0.15, 0.2) is 0 Å². The molecule has 1 aliphatic heterocycles. The number of hydrogen-bond acceptors (Lipinski definition) is 3. The average molecular weight is 305 g/mol. The Morgan fingerprint density at radius 1 is 1.20 bits per heavy atom. The number of carbonyl (C=O) groups excluding carboxylic acids is 1. The monoisotopic (exact) mass is 304 g/mol. The van der Waals surface area contributed by atoms with Crippen LogP contribution in [0.4, 0.5) is 0 Å². The number of likely N-dealkylation sites (tertiary alicyclic amines) is 1. The summed E-state index contributed by atoms with van der Waals surface area (Å²) in [5.41, 5.74) is 0. The zero-order valence-corrected chi connectivity index (χ0v) is 13.4. The van der Waals surface area contributed by atoms with Gasteiger partial charge in [0.1, 0.15) is 0 Å². The fraction of sp³-hybridized carbons (Fsp3) is 0.933. The standard InChI is InChI=1S/C15H28N2O2.ClH/c1-19-11-9-16-12-15(18)17-10-5-8-14(17)13-6-3-2-4-7-13;/h13-14,16H,2-12H2,1H3;1H. The van der Waals surface area contributed by atoms with Gasteiger partial charge in [-0.1, -0.05) is 19.3 Å². The van der Waals surface area contributed by atoms with Crippen LogP contribution >= 0.6 is 12.4 Å². The maximum absolute atomic E-state index is 12.3. The van der Waals surface area contributed by atoms with Gasteiger partial charge in [-0.15, -0.1) is 12.4 Å². The molecule has 0 aromatic carbocycles. The second-order valence-corrected chi connectivity index (χ2v) is 5.86. The van der Waals surface area contributed by atoms with Gasteiger partial charge in [-0.25, -0.2) is 0 Å². The fourth-order valence-electron chi connectivity index (χ4n) is 3.58. The maximum atomic E-state index is 12.3. The Balaban J connectivity index is 0.00000200. The summed E-state index contributed by atoms with van der Waals surface area (Å²) >= 11 is 0. The highest BCUT2D eigenvalue weighted by Gasteiger charge is 2.34. The zero-order chi connectivity index (χ0) is 13.5. The minimum atomic E-state index is 0. The molecule has 1 N–H and O–H groups in total. The average Bonchev–Trinajstić information content (AvgIpc) is 2.94. The molecule has 1 heterocycles. The molecule has 20 heavy (non-hydrogen) atoms. The number of carbonyl (C=O) groups is 1. The van der Waals surface area contributed by atoms with Crippen LogP contribution in [0, 0.1) is 5.92 Å². The topological polar surface area (TPSA) is 41.6 Å². The number of nitrogens with one attached hydrogen (secondary N) is 1. The lowest BCUT2D eigenvalue weighted by atomic mass is 9.83. The van der Waals surface area contributed by atoms with Gasteiger partial charge >= 0.3 is 0 Å². The summed E-state index contributed by atoms with van der Waals surface area (Å²) in [6.07, 6.45) is 9.15. The first-order chi connectivity index (χ1) is 9.33. The third-order valence-corrected chi connectivity index (χ3v) is 4.57. The van der Waals surface area contributed by atoms with Gasteiger partial charge in [0.05, 0.1) is 13.2 Å². The summed E-state index contributed by atoms with van der Waals surface area (Å²) < 4.78 is 4.98. The molecule has 0 bridgehead atoms. The van der Waals surface area contributed by atoms with Crippen LogP contribution in [-0.4, -0.2) is 50.2 Å². The second-order valence-electron chi connectivity index (χ2n) is 5.86. The molecule has 2 fully saturated rings. The lowest BCUT2D eigenvalue weighted by Gasteiger charge is -2.34. The molecule has 0 spiro atoms. The van der Waals surface area contributed by atoms with E-state index in [1.54, 1.807) is 7.11 Å². The van der Waals surface area contributed by atoms with Crippen molar-refractivity contribution in [2.75, 3.05) is 33.4 Å². The van der Waals surface area contributed by atoms with E-state index in [1.165, 1.54) is 44.9 Å². The lowest BCUT2D eigenvalue weighted by Crippen LogP contribution is -2.45. The van der Waals surface area contributed by atoms with E-state index in [-0.39, 0.29) is 18.3 Å². The normalized spacial score (nSPS) is 23.6. The quantitative estimate of drug-likeness (QED) is 0.765. The Labute approximate surface area is 129 Å². The van der Waals surface area contributed by atoms with E-state index < -0.39 is 0 Å². The minimum Gasteiger partial charge on any atom is -0.383 e. The summed E-state index contributed by atoms with van der Waals surface area (Å²) in [5, 5.41) is 3.17. The van der Waals surface area contributed by atoms with Crippen LogP contribution in [0.3, 0.4) is 0 Å². The van der Waals surface area contributed by atoms with Gasteiger partial charge in [-0.3, -0.25) is 4.79 Å². The lowest BCUT2D eigenvalue weighted by molar-refractivity contribution is -0.132. The van der Waals surface area contributed by atoms with Gasteiger partial charge in [-0.2, -0.15) is 0 Å². The number of methoxy groups -OCH3 is 1. The van der Waals surface area contributed by atoms with E-state index in [9.17, 15) is 4.79 Å². The predicted octanol–water partition coefficient (Wildman–Crippen LogP) is 2.22. The van der Waals surface area contributed by atoms with Gasteiger partial charge < -0.3 is 15.0 Å². The van der Waals surface area contributed by atoms with Gasteiger partial charge in [0.15, 0.2) is 0 Å². The van der Waals surface area contributed by atoms with Crippen LogP contribution in [0.25, 0.3) is 0 Å². The SMILES string of the molecule is COCCNCC(=O)N1CCCC1C1CCCCC1.Cl. The van der Waals surface area contributed by atoms with Crippen LogP contribution < -0.4 is 5.32 Å². The predicted molar refractivity (Wildman–Crippen MR) is 83.3 cm³/mol. The second kappa shape index (κ2) is 9.59. The minimum absolute atomic E-state index is 0. The molecule has 1 saturated carbocycles. The Morgan fingerprint density at radius 3 is 2.65 bits per heavy atom. The molecule has 1 amide bonds. The van der Waals surface area contributed by atoms with Gasteiger partial charge in [0.2, 0.25) is 5.91 Å². The number of rotatable bonds is 6. The molecule has 1 saturated heterocycles. The van der Waals surface area contributed by atoms with Gasteiger partial charge in [0.25, 0.3) is 0 Å². The first-order valence-electron chi connectivity index (χ1n) is 7.82. The highest BCUT2D eigenvalue weighted by atomic mass is 35.5. The van der Waals surface area contributed by atoms with E-state index in [0.717, 1.165) is 19.0 Å². The van der Waals surface area contributed by atoms with Crippen molar-refractivity contribution in [2.45, 2.75) is 51.0 Å². The number of ether oxygens (including phenoxy) is 1. The van der Waals surface area contributed by atoms with Crippen LogP contribution in [-0.2, 0) is 9.53 Å². The Kier molecular flexibility index (Phi) is 8.50. The van der Waals surface area contributed by atoms with Gasteiger partial charge in [-0.05, 0) is 31.6 Å². The molecule has 1 atom stereocenters. The van der Waals surface area contributed by atoms with Crippen molar-refractivity contribution in [2.24, 2.45) is 5.92 Å². The van der Waals surface area contributed by atoms with Crippen molar-refractivity contribution >= 4 is 18.3 Å². The molecular formula is C15H29ClN2O2. The molecule has 5 heteroatoms. The largest absolute Gasteiger partial charge is 0.383 e. The highest BCUT2D eigenvalue weighted by molar-refractivity contribution is 5.85. The van der Waals surface area contributed by atoms with E-state index >= 15 is 0 Å². The van der Waals surface area contributed by atoms with Crippen molar-refractivity contribution in [1.82, 2.24) is 10.2 Å². The van der Waals surface area contributed by atoms with E-state index in [2.05, 4.69) is 10.2 Å². The zero-order valence-electron chi connectivity index (χ0n) is 12.6. The molecule has 1 aliphatic carbocycles.